The smallest absolute Gasteiger partial charge is 0.164 e. The molecule has 4 heteroatoms. The van der Waals surface area contributed by atoms with Crippen LogP contribution in [0.15, 0.2) is 194 Å². The Bertz CT molecular complexity index is 2870. The Balaban J connectivity index is 1.21. The molecule has 10 rings (SSSR count). The molecule has 0 aliphatic carbocycles. The summed E-state index contributed by atoms with van der Waals surface area (Å²) >= 11 is 0. The molecule has 2 aromatic heterocycles. The summed E-state index contributed by atoms with van der Waals surface area (Å²) in [4.78, 5) is 15.6. The lowest BCUT2D eigenvalue weighted by molar-refractivity contribution is 1.07. The molecule has 0 saturated heterocycles. The highest BCUT2D eigenvalue weighted by atomic mass is 15.0. The highest BCUT2D eigenvalue weighted by Gasteiger charge is 2.19. The summed E-state index contributed by atoms with van der Waals surface area (Å²) < 4.78 is 2.38. The maximum absolute atomic E-state index is 5.23. The molecule has 10 aromatic rings. The highest BCUT2D eigenvalue weighted by Crippen LogP contribution is 2.38. The van der Waals surface area contributed by atoms with Gasteiger partial charge in [0.1, 0.15) is 0 Å². The van der Waals surface area contributed by atoms with E-state index in [1.807, 2.05) is 6.07 Å². The molecular weight excluding hydrogens is 645 g/mol. The molecule has 0 radical (unpaired) electrons. The Labute approximate surface area is 307 Å². The predicted octanol–water partition coefficient (Wildman–Crippen LogP) is 12.5. The predicted molar refractivity (Wildman–Crippen MR) is 219 cm³/mol. The maximum atomic E-state index is 5.23. The summed E-state index contributed by atoms with van der Waals surface area (Å²) in [5.74, 6) is 1.88. The second-order valence-corrected chi connectivity index (χ2v) is 13.2. The maximum Gasteiger partial charge on any atom is 0.164 e. The van der Waals surface area contributed by atoms with Crippen molar-refractivity contribution in [3.8, 4) is 62.1 Å². The van der Waals surface area contributed by atoms with Gasteiger partial charge in [-0.1, -0.05) is 176 Å². The van der Waals surface area contributed by atoms with Crippen LogP contribution in [0.5, 0.6) is 0 Å². The fourth-order valence-corrected chi connectivity index (χ4v) is 7.52. The first kappa shape index (κ1) is 30.6. The van der Waals surface area contributed by atoms with Gasteiger partial charge < -0.3 is 4.57 Å². The summed E-state index contributed by atoms with van der Waals surface area (Å²) in [6.07, 6.45) is 0. The molecule has 0 spiro atoms. The van der Waals surface area contributed by atoms with Crippen LogP contribution in [0.2, 0.25) is 0 Å². The number of para-hydroxylation sites is 2. The van der Waals surface area contributed by atoms with E-state index in [-0.39, 0.29) is 0 Å². The van der Waals surface area contributed by atoms with E-state index in [4.69, 9.17) is 15.0 Å². The van der Waals surface area contributed by atoms with Crippen LogP contribution in [-0.2, 0) is 0 Å². The lowest BCUT2D eigenvalue weighted by Gasteiger charge is -2.16. The normalized spacial score (nSPS) is 11.4. The molecule has 53 heavy (non-hydrogen) atoms. The zero-order valence-electron chi connectivity index (χ0n) is 28.8. The Morgan fingerprint density at radius 3 is 1.49 bits per heavy atom. The molecule has 248 valence electrons. The standard InChI is InChI=1S/C49H32N4/c1-3-14-33(15-4-1)34-26-28-37(29-27-34)47-50-48(52-49(51-47)43-23-13-19-35-18-7-8-20-39(35)43)38-30-31-40(36-16-5-2-6-17-36)46(32-38)53-44-24-11-9-21-41(44)42-22-10-12-25-45(42)53/h1-32H. The van der Waals surface area contributed by atoms with Crippen LogP contribution in [0.1, 0.15) is 0 Å². The number of nitrogens with zero attached hydrogens (tertiary/aromatic N) is 4. The van der Waals surface area contributed by atoms with Crippen molar-refractivity contribution < 1.29 is 0 Å². The summed E-state index contributed by atoms with van der Waals surface area (Å²) in [7, 11) is 0. The van der Waals surface area contributed by atoms with E-state index in [2.05, 4.69) is 193 Å². The number of hydrogen-bond acceptors (Lipinski definition) is 3. The third-order valence-electron chi connectivity index (χ3n) is 10.1. The van der Waals surface area contributed by atoms with Gasteiger partial charge in [-0.05, 0) is 45.7 Å². The molecule has 8 aromatic carbocycles. The Morgan fingerprint density at radius 1 is 0.302 bits per heavy atom. The lowest BCUT2D eigenvalue weighted by Crippen LogP contribution is -2.02. The van der Waals surface area contributed by atoms with E-state index >= 15 is 0 Å². The summed E-state index contributed by atoms with van der Waals surface area (Å²) in [6.45, 7) is 0. The van der Waals surface area contributed by atoms with Gasteiger partial charge in [-0.3, -0.25) is 0 Å². The van der Waals surface area contributed by atoms with Crippen LogP contribution in [0.4, 0.5) is 0 Å². The average Bonchev–Trinajstić information content (AvgIpc) is 3.58. The van der Waals surface area contributed by atoms with Crippen LogP contribution in [-0.4, -0.2) is 19.5 Å². The molecule has 0 unspecified atom stereocenters. The van der Waals surface area contributed by atoms with Gasteiger partial charge in [-0.25, -0.2) is 15.0 Å². The molecule has 0 aliphatic rings. The molecule has 4 nitrogen and oxygen atoms in total. The van der Waals surface area contributed by atoms with E-state index in [1.54, 1.807) is 0 Å². The van der Waals surface area contributed by atoms with Gasteiger partial charge in [0.25, 0.3) is 0 Å². The summed E-state index contributed by atoms with van der Waals surface area (Å²) in [5, 5.41) is 4.67. The second kappa shape index (κ2) is 12.9. The van der Waals surface area contributed by atoms with Crippen molar-refractivity contribution in [2.75, 3.05) is 0 Å². The third-order valence-corrected chi connectivity index (χ3v) is 10.1. The first-order valence-electron chi connectivity index (χ1n) is 17.9. The van der Waals surface area contributed by atoms with Crippen LogP contribution in [0, 0.1) is 0 Å². The molecule has 2 heterocycles. The monoisotopic (exact) mass is 676 g/mol. The summed E-state index contributed by atoms with van der Waals surface area (Å²) in [5.41, 5.74) is 10.7. The zero-order valence-corrected chi connectivity index (χ0v) is 28.8. The minimum absolute atomic E-state index is 0.617. The summed E-state index contributed by atoms with van der Waals surface area (Å²) in [6, 6.07) is 68.1. The molecule has 0 aliphatic heterocycles. The molecule has 0 atom stereocenters. The number of benzene rings is 8. The minimum atomic E-state index is 0.617. The fraction of sp³-hybridized carbons (Fsp3) is 0. The quantitative estimate of drug-likeness (QED) is 0.176. The highest BCUT2D eigenvalue weighted by molar-refractivity contribution is 6.10. The van der Waals surface area contributed by atoms with Crippen molar-refractivity contribution in [3.63, 3.8) is 0 Å². The van der Waals surface area contributed by atoms with E-state index in [0.29, 0.717) is 17.5 Å². The topological polar surface area (TPSA) is 43.6 Å². The van der Waals surface area contributed by atoms with Crippen LogP contribution < -0.4 is 0 Å². The average molecular weight is 677 g/mol. The molecule has 0 saturated carbocycles. The first-order valence-corrected chi connectivity index (χ1v) is 17.9. The number of fused-ring (bicyclic) bond motifs is 4. The molecule has 0 bridgehead atoms. The Morgan fingerprint density at radius 2 is 0.792 bits per heavy atom. The second-order valence-electron chi connectivity index (χ2n) is 13.2. The fourth-order valence-electron chi connectivity index (χ4n) is 7.52. The van der Waals surface area contributed by atoms with Crippen molar-refractivity contribution in [3.05, 3.63) is 194 Å². The van der Waals surface area contributed by atoms with Crippen molar-refractivity contribution in [1.29, 1.82) is 0 Å². The number of rotatable bonds is 6. The lowest BCUT2D eigenvalue weighted by atomic mass is 10.00. The van der Waals surface area contributed by atoms with Gasteiger partial charge in [0.05, 0.1) is 16.7 Å². The Hall–Kier alpha value is -7.17. The van der Waals surface area contributed by atoms with Crippen LogP contribution >= 0.6 is 0 Å². The molecular formula is C49H32N4. The van der Waals surface area contributed by atoms with Gasteiger partial charge in [0.2, 0.25) is 0 Å². The third kappa shape index (κ3) is 5.45. The number of aromatic nitrogens is 4. The van der Waals surface area contributed by atoms with Crippen molar-refractivity contribution in [2.45, 2.75) is 0 Å². The SMILES string of the molecule is c1ccc(-c2ccc(-c3nc(-c4ccc(-c5ccccc5)c(-n5c6ccccc6c6ccccc65)c4)nc(-c4cccc5ccccc45)n3)cc2)cc1. The van der Waals surface area contributed by atoms with Gasteiger partial charge in [0, 0.05) is 33.0 Å². The van der Waals surface area contributed by atoms with Gasteiger partial charge in [-0.2, -0.15) is 0 Å². The van der Waals surface area contributed by atoms with E-state index in [9.17, 15) is 0 Å². The first-order chi connectivity index (χ1) is 26.3. The molecule has 0 fully saturated rings. The molecule has 0 amide bonds. The van der Waals surface area contributed by atoms with Crippen molar-refractivity contribution >= 4 is 32.6 Å². The molecule has 0 N–H and O–H groups in total. The van der Waals surface area contributed by atoms with E-state index in [0.717, 1.165) is 60.9 Å². The largest absolute Gasteiger partial charge is 0.309 e. The Kier molecular flexibility index (Phi) is 7.43. The van der Waals surface area contributed by atoms with Gasteiger partial charge in [-0.15, -0.1) is 0 Å². The van der Waals surface area contributed by atoms with Crippen molar-refractivity contribution in [2.24, 2.45) is 0 Å². The van der Waals surface area contributed by atoms with E-state index in [1.165, 1.54) is 16.3 Å². The van der Waals surface area contributed by atoms with Gasteiger partial charge >= 0.3 is 0 Å². The van der Waals surface area contributed by atoms with Crippen LogP contribution in [0.3, 0.4) is 0 Å². The van der Waals surface area contributed by atoms with Crippen molar-refractivity contribution in [1.82, 2.24) is 19.5 Å². The van der Waals surface area contributed by atoms with Gasteiger partial charge in [0.15, 0.2) is 17.5 Å². The van der Waals surface area contributed by atoms with Crippen LogP contribution in [0.25, 0.3) is 94.7 Å². The van der Waals surface area contributed by atoms with E-state index < -0.39 is 0 Å². The number of hydrogen-bond donors (Lipinski definition) is 0. The minimum Gasteiger partial charge on any atom is -0.309 e. The zero-order chi connectivity index (χ0) is 35.1.